The summed E-state index contributed by atoms with van der Waals surface area (Å²) < 4.78 is 16.9. The van der Waals surface area contributed by atoms with Gasteiger partial charge in [0.05, 0.1) is 0 Å². The molecule has 1 N–H and O–H groups in total. The van der Waals surface area contributed by atoms with Gasteiger partial charge >= 0.3 is 13.9 Å². The van der Waals surface area contributed by atoms with Crippen LogP contribution in [-0.4, -0.2) is 22.3 Å². The summed E-state index contributed by atoms with van der Waals surface area (Å²) in [7, 11) is -1.18. The lowest BCUT2D eigenvalue weighted by atomic mass is 10.2. The van der Waals surface area contributed by atoms with Crippen molar-refractivity contribution in [1.82, 2.24) is 4.98 Å². The fourth-order valence-corrected chi connectivity index (χ4v) is 3.76. The Bertz CT molecular complexity index is 491. The quantitative estimate of drug-likeness (QED) is 0.854. The summed E-state index contributed by atoms with van der Waals surface area (Å²) in [5, 5.41) is 4.91. The molecule has 0 aromatic carbocycles. The van der Waals surface area contributed by atoms with Gasteiger partial charge in [0.25, 0.3) is 0 Å². The SMILES string of the molecule is CC(C)(C)OC(=O)Nc1nc(C[P+](=O)C2CC2)cs1. The molecule has 1 heterocycles. The minimum absolute atomic E-state index is 0.388. The van der Waals surface area contributed by atoms with Gasteiger partial charge < -0.3 is 4.74 Å². The maximum absolute atomic E-state index is 11.8. The minimum atomic E-state index is -1.18. The van der Waals surface area contributed by atoms with Crippen LogP contribution in [0, 0.1) is 0 Å². The third-order valence-electron chi connectivity index (χ3n) is 2.43. The van der Waals surface area contributed by atoms with Crippen molar-refractivity contribution in [3.63, 3.8) is 0 Å². The van der Waals surface area contributed by atoms with Crippen molar-refractivity contribution >= 4 is 30.4 Å². The Kier molecular flexibility index (Phi) is 4.21. The molecule has 1 atom stereocenters. The van der Waals surface area contributed by atoms with Crippen LogP contribution in [0.2, 0.25) is 0 Å². The number of anilines is 1. The van der Waals surface area contributed by atoms with Crippen LogP contribution in [0.1, 0.15) is 39.3 Å². The lowest BCUT2D eigenvalue weighted by molar-refractivity contribution is 0.0636. The van der Waals surface area contributed by atoms with Gasteiger partial charge in [-0.25, -0.2) is 9.78 Å². The highest BCUT2D eigenvalue weighted by atomic mass is 32.1. The maximum Gasteiger partial charge on any atom is 0.413 e. The van der Waals surface area contributed by atoms with Crippen molar-refractivity contribution in [1.29, 1.82) is 0 Å². The third kappa shape index (κ3) is 4.88. The van der Waals surface area contributed by atoms with E-state index in [-0.39, 0.29) is 0 Å². The second-order valence-electron chi connectivity index (χ2n) is 5.58. The summed E-state index contributed by atoms with van der Waals surface area (Å²) in [4.78, 5) is 15.8. The minimum Gasteiger partial charge on any atom is -0.444 e. The molecule has 1 aliphatic carbocycles. The van der Waals surface area contributed by atoms with Gasteiger partial charge in [0.15, 0.2) is 17.0 Å². The van der Waals surface area contributed by atoms with Crippen molar-refractivity contribution in [2.45, 2.75) is 51.0 Å². The van der Waals surface area contributed by atoms with Crippen LogP contribution in [0.4, 0.5) is 9.93 Å². The van der Waals surface area contributed by atoms with E-state index in [0.717, 1.165) is 18.5 Å². The van der Waals surface area contributed by atoms with Gasteiger partial charge in [0.2, 0.25) is 0 Å². The highest BCUT2D eigenvalue weighted by Gasteiger charge is 2.41. The second-order valence-corrected chi connectivity index (χ2v) is 8.32. The summed E-state index contributed by atoms with van der Waals surface area (Å²) in [5.74, 6) is 0. The molecule has 0 bridgehead atoms. The number of thiazole rings is 1. The first kappa shape index (κ1) is 14.4. The molecule has 7 heteroatoms. The predicted octanol–water partition coefficient (Wildman–Crippen LogP) is 3.98. The summed E-state index contributed by atoms with van der Waals surface area (Å²) in [6.07, 6.45) is 2.14. The van der Waals surface area contributed by atoms with Crippen LogP contribution >= 0.6 is 19.1 Å². The molecule has 0 spiro atoms. The van der Waals surface area contributed by atoms with Gasteiger partial charge in [0.1, 0.15) is 11.3 Å². The number of hydrogen-bond donors (Lipinski definition) is 1. The monoisotopic (exact) mass is 301 g/mol. The number of rotatable bonds is 4. The number of carbonyl (C=O) groups excluding carboxylic acids is 1. The summed E-state index contributed by atoms with van der Waals surface area (Å²) in [6.45, 7) is 5.42. The number of nitrogens with one attached hydrogen (secondary N) is 1. The van der Waals surface area contributed by atoms with Gasteiger partial charge in [-0.1, -0.05) is 4.57 Å². The Morgan fingerprint density at radius 2 is 2.26 bits per heavy atom. The highest BCUT2D eigenvalue weighted by Crippen LogP contribution is 2.47. The summed E-state index contributed by atoms with van der Waals surface area (Å²) >= 11 is 1.33. The van der Waals surface area contributed by atoms with E-state index in [1.165, 1.54) is 11.3 Å². The summed E-state index contributed by atoms with van der Waals surface area (Å²) in [6, 6.07) is 0. The number of hydrogen-bond acceptors (Lipinski definition) is 5. The topological polar surface area (TPSA) is 68.3 Å². The molecule has 0 aliphatic heterocycles. The maximum atomic E-state index is 11.8. The molecule has 1 unspecified atom stereocenters. The number of ether oxygens (including phenoxy) is 1. The molecule has 1 aromatic rings. The molecular formula is C12H18N2O3PS+. The molecule has 1 aromatic heterocycles. The van der Waals surface area contributed by atoms with E-state index in [4.69, 9.17) is 4.74 Å². The van der Waals surface area contributed by atoms with Crippen molar-refractivity contribution in [3.8, 4) is 0 Å². The first-order valence-electron chi connectivity index (χ1n) is 6.22. The van der Waals surface area contributed by atoms with E-state index in [0.29, 0.717) is 17.0 Å². The average molecular weight is 301 g/mol. The van der Waals surface area contributed by atoms with Crippen LogP contribution < -0.4 is 5.32 Å². The molecule has 104 valence electrons. The average Bonchev–Trinajstić information content (AvgIpc) is 3.00. The Balaban J connectivity index is 1.86. The smallest absolute Gasteiger partial charge is 0.413 e. The summed E-state index contributed by atoms with van der Waals surface area (Å²) in [5.41, 5.74) is 0.641. The first-order valence-corrected chi connectivity index (χ1v) is 8.61. The third-order valence-corrected chi connectivity index (χ3v) is 5.20. The van der Waals surface area contributed by atoms with Crippen molar-refractivity contribution in [2.24, 2.45) is 0 Å². The molecular weight excluding hydrogens is 283 g/mol. The van der Waals surface area contributed by atoms with Crippen LogP contribution in [0.15, 0.2) is 5.38 Å². The molecule has 19 heavy (non-hydrogen) atoms. The van der Waals surface area contributed by atoms with Gasteiger partial charge in [-0.15, -0.1) is 11.3 Å². The van der Waals surface area contributed by atoms with Crippen LogP contribution in [-0.2, 0) is 15.5 Å². The zero-order valence-electron chi connectivity index (χ0n) is 11.3. The van der Waals surface area contributed by atoms with Crippen molar-refractivity contribution in [2.75, 3.05) is 5.32 Å². The molecule has 1 fully saturated rings. The molecule has 1 aliphatic rings. The zero-order valence-corrected chi connectivity index (χ0v) is 13.0. The number of aromatic nitrogens is 1. The molecule has 2 rings (SSSR count). The normalized spacial score (nSPS) is 16.1. The van der Waals surface area contributed by atoms with Crippen LogP contribution in [0.3, 0.4) is 0 Å². The zero-order chi connectivity index (χ0) is 14.0. The molecule has 1 amide bonds. The van der Waals surface area contributed by atoms with Crippen molar-refractivity contribution < 1.29 is 14.1 Å². The molecule has 1 saturated carbocycles. The van der Waals surface area contributed by atoms with E-state index in [1.807, 2.05) is 5.38 Å². The lowest BCUT2D eigenvalue weighted by Crippen LogP contribution is -2.27. The van der Waals surface area contributed by atoms with Crippen LogP contribution in [0.5, 0.6) is 0 Å². The number of carbonyl (C=O) groups is 1. The Labute approximate surface area is 117 Å². The predicted molar refractivity (Wildman–Crippen MR) is 76.3 cm³/mol. The van der Waals surface area contributed by atoms with Gasteiger partial charge in [0, 0.05) is 5.38 Å². The lowest BCUT2D eigenvalue weighted by Gasteiger charge is -2.18. The van der Waals surface area contributed by atoms with E-state index >= 15 is 0 Å². The Hall–Kier alpha value is -1.000. The Morgan fingerprint density at radius 3 is 2.84 bits per heavy atom. The van der Waals surface area contributed by atoms with E-state index in [2.05, 4.69) is 10.3 Å². The highest BCUT2D eigenvalue weighted by molar-refractivity contribution is 7.45. The van der Waals surface area contributed by atoms with Gasteiger partial charge in [-0.3, -0.25) is 5.32 Å². The van der Waals surface area contributed by atoms with Crippen molar-refractivity contribution in [3.05, 3.63) is 11.1 Å². The number of nitrogens with zero attached hydrogens (tertiary/aromatic N) is 1. The fraction of sp³-hybridized carbons (Fsp3) is 0.667. The number of amides is 1. The van der Waals surface area contributed by atoms with E-state index in [9.17, 15) is 9.36 Å². The second kappa shape index (κ2) is 5.55. The van der Waals surface area contributed by atoms with Gasteiger partial charge in [-0.2, -0.15) is 0 Å². The van der Waals surface area contributed by atoms with Crippen LogP contribution in [0.25, 0.3) is 0 Å². The molecule has 0 radical (unpaired) electrons. The van der Waals surface area contributed by atoms with Gasteiger partial charge in [-0.05, 0) is 33.6 Å². The first-order chi connectivity index (χ1) is 8.83. The largest absolute Gasteiger partial charge is 0.444 e. The Morgan fingerprint density at radius 1 is 1.58 bits per heavy atom. The molecule has 5 nitrogen and oxygen atoms in total. The standard InChI is InChI=1S/C12H17N2O3PS/c1-12(2,3)17-11(15)14-10-13-8(7-19-10)6-18(16)9-4-5-9/h7,9H,4-6H2,1-3H3/p+1. The molecule has 0 saturated heterocycles. The fourth-order valence-electron chi connectivity index (χ4n) is 1.48. The van der Waals surface area contributed by atoms with E-state index in [1.54, 1.807) is 20.8 Å². The van der Waals surface area contributed by atoms with E-state index < -0.39 is 19.5 Å².